The highest BCUT2D eigenvalue weighted by molar-refractivity contribution is 5.33. The molecule has 24 heavy (non-hydrogen) atoms. The number of piperidine rings is 1. The summed E-state index contributed by atoms with van der Waals surface area (Å²) in [6, 6.07) is 6.96. The second-order valence-electron chi connectivity index (χ2n) is 6.43. The number of benzene rings is 1. The van der Waals surface area contributed by atoms with Crippen molar-refractivity contribution in [3.05, 3.63) is 46.8 Å². The molecule has 1 saturated heterocycles. The average Bonchev–Trinajstić information content (AvgIpc) is 2.88. The van der Waals surface area contributed by atoms with Gasteiger partial charge in [-0.1, -0.05) is 6.42 Å². The summed E-state index contributed by atoms with van der Waals surface area (Å²) in [5.41, 5.74) is 1.09. The summed E-state index contributed by atoms with van der Waals surface area (Å²) in [7, 11) is 0. The van der Waals surface area contributed by atoms with Crippen LogP contribution in [0.25, 0.3) is 0 Å². The molecule has 0 bridgehead atoms. The SMILES string of the molecule is Cc1nc(C)n(CC2CCCCN2Cc2cc(C#N)ccc2F)n1. The molecule has 2 heterocycles. The van der Waals surface area contributed by atoms with E-state index >= 15 is 0 Å². The fourth-order valence-electron chi connectivity index (χ4n) is 3.39. The molecule has 1 aromatic heterocycles. The maximum absolute atomic E-state index is 14.1. The van der Waals surface area contributed by atoms with E-state index < -0.39 is 0 Å². The van der Waals surface area contributed by atoms with E-state index in [4.69, 9.17) is 5.26 Å². The van der Waals surface area contributed by atoms with Gasteiger partial charge in [-0.25, -0.2) is 14.1 Å². The summed E-state index contributed by atoms with van der Waals surface area (Å²) >= 11 is 0. The minimum absolute atomic E-state index is 0.244. The van der Waals surface area contributed by atoms with Gasteiger partial charge >= 0.3 is 0 Å². The first-order valence-corrected chi connectivity index (χ1v) is 8.37. The molecule has 3 rings (SSSR count). The number of aromatic nitrogens is 3. The van der Waals surface area contributed by atoms with Crippen LogP contribution in [0, 0.1) is 31.0 Å². The standard InChI is InChI=1S/C18H22FN5/c1-13-21-14(2)24(22-13)12-17-5-3-4-8-23(17)11-16-9-15(10-20)6-7-18(16)19/h6-7,9,17H,3-5,8,11-12H2,1-2H3. The third kappa shape index (κ3) is 3.62. The van der Waals surface area contributed by atoms with Crippen molar-refractivity contribution in [1.29, 1.82) is 5.26 Å². The van der Waals surface area contributed by atoms with Gasteiger partial charge in [0.2, 0.25) is 0 Å². The van der Waals surface area contributed by atoms with Gasteiger partial charge in [0.15, 0.2) is 0 Å². The van der Waals surface area contributed by atoms with E-state index in [1.54, 1.807) is 6.07 Å². The molecule has 0 radical (unpaired) electrons. The second kappa shape index (κ2) is 7.10. The van der Waals surface area contributed by atoms with Gasteiger partial charge in [0.05, 0.1) is 18.2 Å². The lowest BCUT2D eigenvalue weighted by atomic mass is 10.0. The number of nitriles is 1. The molecule has 126 valence electrons. The molecule has 6 heteroatoms. The lowest BCUT2D eigenvalue weighted by Crippen LogP contribution is -2.42. The van der Waals surface area contributed by atoms with Crippen molar-refractivity contribution >= 4 is 0 Å². The molecule has 0 amide bonds. The topological polar surface area (TPSA) is 57.7 Å². The predicted molar refractivity (Wildman–Crippen MR) is 88.7 cm³/mol. The molecule has 1 atom stereocenters. The Labute approximate surface area is 141 Å². The van der Waals surface area contributed by atoms with E-state index in [0.717, 1.165) is 37.6 Å². The molecular formula is C18H22FN5. The molecule has 1 unspecified atom stereocenters. The number of hydrogen-bond acceptors (Lipinski definition) is 4. The normalized spacial score (nSPS) is 18.5. The minimum atomic E-state index is -0.244. The van der Waals surface area contributed by atoms with Gasteiger partial charge in [0.1, 0.15) is 17.5 Å². The quantitative estimate of drug-likeness (QED) is 0.866. The number of halogens is 1. The highest BCUT2D eigenvalue weighted by Crippen LogP contribution is 2.23. The predicted octanol–water partition coefficient (Wildman–Crippen LogP) is 2.96. The molecule has 1 aliphatic heterocycles. The Morgan fingerprint density at radius 2 is 2.17 bits per heavy atom. The van der Waals surface area contributed by atoms with Crippen LogP contribution in [0.1, 0.15) is 42.0 Å². The first-order valence-electron chi connectivity index (χ1n) is 8.37. The van der Waals surface area contributed by atoms with Crippen molar-refractivity contribution < 1.29 is 4.39 Å². The zero-order valence-electron chi connectivity index (χ0n) is 14.2. The van der Waals surface area contributed by atoms with Gasteiger partial charge in [-0.3, -0.25) is 4.90 Å². The smallest absolute Gasteiger partial charge is 0.147 e. The monoisotopic (exact) mass is 327 g/mol. The third-order valence-electron chi connectivity index (χ3n) is 4.64. The van der Waals surface area contributed by atoms with E-state index in [0.29, 0.717) is 23.7 Å². The Kier molecular flexibility index (Phi) is 4.91. The van der Waals surface area contributed by atoms with Crippen LogP contribution in [0.15, 0.2) is 18.2 Å². The molecule has 0 N–H and O–H groups in total. The van der Waals surface area contributed by atoms with E-state index in [9.17, 15) is 4.39 Å². The number of rotatable bonds is 4. The molecular weight excluding hydrogens is 305 g/mol. The zero-order valence-corrected chi connectivity index (χ0v) is 14.2. The van der Waals surface area contributed by atoms with E-state index in [1.165, 1.54) is 18.6 Å². The lowest BCUT2D eigenvalue weighted by molar-refractivity contribution is 0.120. The Balaban J connectivity index is 1.77. The van der Waals surface area contributed by atoms with Gasteiger partial charge in [-0.2, -0.15) is 10.4 Å². The molecule has 1 aliphatic rings. The number of aryl methyl sites for hydroxylation is 2. The first kappa shape index (κ1) is 16.6. The van der Waals surface area contributed by atoms with Crippen molar-refractivity contribution in [3.63, 3.8) is 0 Å². The van der Waals surface area contributed by atoms with E-state index in [-0.39, 0.29) is 5.82 Å². The molecule has 0 saturated carbocycles. The minimum Gasteiger partial charge on any atom is -0.294 e. The maximum Gasteiger partial charge on any atom is 0.147 e. The summed E-state index contributed by atoms with van der Waals surface area (Å²) in [4.78, 5) is 6.66. The van der Waals surface area contributed by atoms with Crippen LogP contribution in [-0.2, 0) is 13.1 Å². The van der Waals surface area contributed by atoms with Crippen molar-refractivity contribution in [2.75, 3.05) is 6.54 Å². The van der Waals surface area contributed by atoms with E-state index in [2.05, 4.69) is 21.1 Å². The summed E-state index contributed by atoms with van der Waals surface area (Å²) < 4.78 is 16.1. The number of likely N-dealkylation sites (tertiary alicyclic amines) is 1. The van der Waals surface area contributed by atoms with Gasteiger partial charge in [0.25, 0.3) is 0 Å². The van der Waals surface area contributed by atoms with Crippen LogP contribution in [-0.4, -0.2) is 32.3 Å². The van der Waals surface area contributed by atoms with Crippen LogP contribution in [0.3, 0.4) is 0 Å². The van der Waals surface area contributed by atoms with Crippen LogP contribution in [0.4, 0.5) is 4.39 Å². The summed E-state index contributed by atoms with van der Waals surface area (Å²) in [6.07, 6.45) is 3.36. The Bertz CT molecular complexity index is 761. The summed E-state index contributed by atoms with van der Waals surface area (Å²) in [5, 5.41) is 13.5. The molecule has 2 aromatic rings. The lowest BCUT2D eigenvalue weighted by Gasteiger charge is -2.35. The fourth-order valence-corrected chi connectivity index (χ4v) is 3.39. The summed E-state index contributed by atoms with van der Waals surface area (Å²) in [6.45, 7) is 6.09. The fraction of sp³-hybridized carbons (Fsp3) is 0.500. The molecule has 0 spiro atoms. The highest BCUT2D eigenvalue weighted by atomic mass is 19.1. The zero-order chi connectivity index (χ0) is 17.1. The third-order valence-corrected chi connectivity index (χ3v) is 4.64. The first-order chi connectivity index (χ1) is 11.6. The Morgan fingerprint density at radius 1 is 1.33 bits per heavy atom. The van der Waals surface area contributed by atoms with Crippen LogP contribution < -0.4 is 0 Å². The molecule has 1 aromatic carbocycles. The van der Waals surface area contributed by atoms with E-state index in [1.807, 2.05) is 18.5 Å². The van der Waals surface area contributed by atoms with Crippen molar-refractivity contribution in [2.24, 2.45) is 0 Å². The summed E-state index contributed by atoms with van der Waals surface area (Å²) in [5.74, 6) is 1.45. The average molecular weight is 327 g/mol. The van der Waals surface area contributed by atoms with Crippen molar-refractivity contribution in [2.45, 2.75) is 52.2 Å². The van der Waals surface area contributed by atoms with Gasteiger partial charge in [0, 0.05) is 18.2 Å². The van der Waals surface area contributed by atoms with Gasteiger partial charge < -0.3 is 0 Å². The maximum atomic E-state index is 14.1. The number of nitrogens with zero attached hydrogens (tertiary/aromatic N) is 5. The van der Waals surface area contributed by atoms with Crippen LogP contribution in [0.2, 0.25) is 0 Å². The van der Waals surface area contributed by atoms with Crippen molar-refractivity contribution in [3.8, 4) is 6.07 Å². The Morgan fingerprint density at radius 3 is 2.88 bits per heavy atom. The largest absolute Gasteiger partial charge is 0.294 e. The van der Waals surface area contributed by atoms with Crippen molar-refractivity contribution in [1.82, 2.24) is 19.7 Å². The van der Waals surface area contributed by atoms with Crippen LogP contribution >= 0.6 is 0 Å². The molecule has 1 fully saturated rings. The van der Waals surface area contributed by atoms with Crippen LogP contribution in [0.5, 0.6) is 0 Å². The molecule has 5 nitrogen and oxygen atoms in total. The number of hydrogen-bond donors (Lipinski definition) is 0. The molecule has 0 aliphatic carbocycles. The second-order valence-corrected chi connectivity index (χ2v) is 6.43. The highest BCUT2D eigenvalue weighted by Gasteiger charge is 2.24. The van der Waals surface area contributed by atoms with Gasteiger partial charge in [-0.05, 0) is 51.4 Å². The van der Waals surface area contributed by atoms with Gasteiger partial charge in [-0.15, -0.1) is 0 Å². The Hall–Kier alpha value is -2.26.